The minimum atomic E-state index is -0.505. The first kappa shape index (κ1) is 18.6. The third-order valence-electron chi connectivity index (χ3n) is 3.41. The second kappa shape index (κ2) is 7.70. The first-order valence-corrected chi connectivity index (χ1v) is 8.15. The van der Waals surface area contributed by atoms with E-state index >= 15 is 0 Å². The van der Waals surface area contributed by atoms with E-state index in [0.29, 0.717) is 12.5 Å². The third kappa shape index (κ3) is 7.52. The van der Waals surface area contributed by atoms with Crippen molar-refractivity contribution in [2.24, 2.45) is 10.7 Å². The largest absolute Gasteiger partial charge is 0.444 e. The molecule has 0 aromatic heterocycles. The molecule has 0 spiro atoms. The number of ether oxygens (including phenoxy) is 1. The van der Waals surface area contributed by atoms with Gasteiger partial charge in [-0.1, -0.05) is 12.8 Å². The second-order valence-corrected chi connectivity index (χ2v) is 7.59. The lowest BCUT2D eigenvalue weighted by atomic mass is 10.1. The molecule has 3 N–H and O–H groups in total. The summed E-state index contributed by atoms with van der Waals surface area (Å²) in [4.78, 5) is 18.4. The second-order valence-electron chi connectivity index (χ2n) is 7.59. The van der Waals surface area contributed by atoms with E-state index in [-0.39, 0.29) is 0 Å². The van der Waals surface area contributed by atoms with E-state index in [4.69, 9.17) is 10.5 Å². The van der Waals surface area contributed by atoms with Crippen molar-refractivity contribution in [3.8, 4) is 0 Å². The van der Waals surface area contributed by atoms with E-state index in [1.165, 1.54) is 12.8 Å². The number of carbonyl (C=O) groups is 1. The number of amides is 1. The van der Waals surface area contributed by atoms with Gasteiger partial charge in [0.2, 0.25) is 0 Å². The average molecular weight is 312 g/mol. The SMILES string of the molecule is CC(C)(CN=C(N)N1CCCCCC1)NC(=O)OC(C)(C)C. The smallest absolute Gasteiger partial charge is 0.408 e. The van der Waals surface area contributed by atoms with Gasteiger partial charge >= 0.3 is 6.09 Å². The van der Waals surface area contributed by atoms with Gasteiger partial charge in [0, 0.05) is 13.1 Å². The minimum absolute atomic E-state index is 0.425. The Morgan fingerprint density at radius 2 is 1.68 bits per heavy atom. The number of hydrogen-bond donors (Lipinski definition) is 2. The molecule has 0 bridgehead atoms. The number of hydrogen-bond acceptors (Lipinski definition) is 3. The molecule has 6 nitrogen and oxygen atoms in total. The molecule has 0 unspecified atom stereocenters. The summed E-state index contributed by atoms with van der Waals surface area (Å²) in [5.74, 6) is 0.570. The van der Waals surface area contributed by atoms with Gasteiger partial charge in [0.15, 0.2) is 5.96 Å². The first-order valence-electron chi connectivity index (χ1n) is 8.15. The van der Waals surface area contributed by atoms with Crippen LogP contribution in [-0.4, -0.2) is 47.7 Å². The number of carbonyl (C=O) groups excluding carboxylic acids is 1. The van der Waals surface area contributed by atoms with E-state index in [1.54, 1.807) is 0 Å². The van der Waals surface area contributed by atoms with Crippen molar-refractivity contribution in [2.75, 3.05) is 19.6 Å². The van der Waals surface area contributed by atoms with Gasteiger partial charge in [0.25, 0.3) is 0 Å². The van der Waals surface area contributed by atoms with Gasteiger partial charge < -0.3 is 20.7 Å². The number of nitrogens with zero attached hydrogens (tertiary/aromatic N) is 2. The zero-order valence-electron chi connectivity index (χ0n) is 14.7. The van der Waals surface area contributed by atoms with Crippen molar-refractivity contribution >= 4 is 12.1 Å². The number of likely N-dealkylation sites (tertiary alicyclic amines) is 1. The highest BCUT2D eigenvalue weighted by Crippen LogP contribution is 2.11. The summed E-state index contributed by atoms with van der Waals surface area (Å²) in [6, 6.07) is 0. The molecule has 0 atom stereocenters. The molecular formula is C16H32N4O2. The maximum atomic E-state index is 11.8. The summed E-state index contributed by atoms with van der Waals surface area (Å²) >= 11 is 0. The van der Waals surface area contributed by atoms with Crippen LogP contribution in [0.3, 0.4) is 0 Å². The summed E-state index contributed by atoms with van der Waals surface area (Å²) in [5.41, 5.74) is 5.08. The van der Waals surface area contributed by atoms with Crippen LogP contribution in [0, 0.1) is 0 Å². The average Bonchev–Trinajstić information content (AvgIpc) is 2.61. The number of guanidine groups is 1. The minimum Gasteiger partial charge on any atom is -0.444 e. The molecular weight excluding hydrogens is 280 g/mol. The van der Waals surface area contributed by atoms with Crippen LogP contribution in [0.25, 0.3) is 0 Å². The summed E-state index contributed by atoms with van der Waals surface area (Å²) in [6.07, 6.45) is 4.41. The van der Waals surface area contributed by atoms with Gasteiger partial charge in [0.1, 0.15) is 5.60 Å². The highest BCUT2D eigenvalue weighted by molar-refractivity contribution is 5.78. The molecule has 0 aliphatic carbocycles. The van der Waals surface area contributed by atoms with Gasteiger partial charge in [-0.25, -0.2) is 4.79 Å². The number of rotatable bonds is 3. The molecule has 1 saturated heterocycles. The van der Waals surface area contributed by atoms with Crippen LogP contribution in [0.2, 0.25) is 0 Å². The molecule has 0 aromatic rings. The molecule has 0 aromatic carbocycles. The third-order valence-corrected chi connectivity index (χ3v) is 3.41. The maximum absolute atomic E-state index is 11.8. The molecule has 0 saturated carbocycles. The van der Waals surface area contributed by atoms with Crippen LogP contribution >= 0.6 is 0 Å². The predicted molar refractivity (Wildman–Crippen MR) is 90.0 cm³/mol. The van der Waals surface area contributed by atoms with Gasteiger partial charge in [-0.15, -0.1) is 0 Å². The fourth-order valence-electron chi connectivity index (χ4n) is 2.30. The predicted octanol–water partition coefficient (Wildman–Crippen LogP) is 2.48. The molecule has 1 heterocycles. The Labute approximate surface area is 134 Å². The molecule has 0 radical (unpaired) electrons. The van der Waals surface area contributed by atoms with Crippen LogP contribution in [0.1, 0.15) is 60.3 Å². The molecule has 128 valence electrons. The zero-order valence-corrected chi connectivity index (χ0v) is 14.7. The van der Waals surface area contributed by atoms with Crippen molar-refractivity contribution in [2.45, 2.75) is 71.4 Å². The van der Waals surface area contributed by atoms with Crippen molar-refractivity contribution in [1.29, 1.82) is 0 Å². The Hall–Kier alpha value is -1.46. The molecule has 6 heteroatoms. The van der Waals surface area contributed by atoms with E-state index in [1.807, 2.05) is 34.6 Å². The Morgan fingerprint density at radius 1 is 1.14 bits per heavy atom. The quantitative estimate of drug-likeness (QED) is 0.620. The molecule has 1 aliphatic rings. The highest BCUT2D eigenvalue weighted by atomic mass is 16.6. The first-order chi connectivity index (χ1) is 10.1. The Morgan fingerprint density at radius 3 is 2.18 bits per heavy atom. The van der Waals surface area contributed by atoms with Gasteiger partial charge in [0.05, 0.1) is 12.1 Å². The Kier molecular flexibility index (Phi) is 6.50. The number of nitrogens with one attached hydrogen (secondary N) is 1. The van der Waals surface area contributed by atoms with Crippen LogP contribution in [0.15, 0.2) is 4.99 Å². The fourth-order valence-corrected chi connectivity index (χ4v) is 2.30. The van der Waals surface area contributed by atoms with Gasteiger partial charge in [-0.3, -0.25) is 4.99 Å². The van der Waals surface area contributed by atoms with Crippen LogP contribution in [-0.2, 0) is 4.74 Å². The Balaban J connectivity index is 2.52. The fraction of sp³-hybridized carbons (Fsp3) is 0.875. The standard InChI is InChI=1S/C16H32N4O2/c1-15(2,3)22-14(21)19-16(4,5)12-18-13(17)20-10-8-6-7-9-11-20/h6-12H2,1-5H3,(H2,17,18)(H,19,21). The summed E-state index contributed by atoms with van der Waals surface area (Å²) in [6.45, 7) is 11.7. The number of alkyl carbamates (subject to hydrolysis) is 1. The molecule has 1 fully saturated rings. The van der Waals surface area contributed by atoms with Crippen LogP contribution < -0.4 is 11.1 Å². The monoisotopic (exact) mass is 312 g/mol. The van der Waals surface area contributed by atoms with E-state index < -0.39 is 17.2 Å². The zero-order chi connectivity index (χ0) is 16.8. The van der Waals surface area contributed by atoms with E-state index in [9.17, 15) is 4.79 Å². The lowest BCUT2D eigenvalue weighted by Gasteiger charge is -2.28. The van der Waals surface area contributed by atoms with E-state index in [2.05, 4.69) is 15.2 Å². The number of aliphatic imine (C=N–C) groups is 1. The molecule has 1 amide bonds. The van der Waals surface area contributed by atoms with Crippen molar-refractivity contribution in [1.82, 2.24) is 10.2 Å². The van der Waals surface area contributed by atoms with Crippen molar-refractivity contribution < 1.29 is 9.53 Å². The van der Waals surface area contributed by atoms with Crippen molar-refractivity contribution in [3.63, 3.8) is 0 Å². The highest BCUT2D eigenvalue weighted by Gasteiger charge is 2.24. The maximum Gasteiger partial charge on any atom is 0.408 e. The van der Waals surface area contributed by atoms with Crippen molar-refractivity contribution in [3.05, 3.63) is 0 Å². The topological polar surface area (TPSA) is 80.0 Å². The van der Waals surface area contributed by atoms with Gasteiger partial charge in [-0.2, -0.15) is 0 Å². The normalized spacial score (nSPS) is 17.9. The molecule has 1 aliphatic heterocycles. The molecule has 22 heavy (non-hydrogen) atoms. The van der Waals surface area contributed by atoms with Crippen LogP contribution in [0.4, 0.5) is 4.79 Å². The van der Waals surface area contributed by atoms with Gasteiger partial charge in [-0.05, 0) is 47.5 Å². The summed E-state index contributed by atoms with van der Waals surface area (Å²) in [7, 11) is 0. The summed E-state index contributed by atoms with van der Waals surface area (Å²) in [5, 5.41) is 2.84. The van der Waals surface area contributed by atoms with Crippen LogP contribution in [0.5, 0.6) is 0 Å². The lowest BCUT2D eigenvalue weighted by molar-refractivity contribution is 0.0476. The Bertz CT molecular complexity index is 391. The number of nitrogens with two attached hydrogens (primary N) is 1. The summed E-state index contributed by atoms with van der Waals surface area (Å²) < 4.78 is 5.27. The lowest BCUT2D eigenvalue weighted by Crippen LogP contribution is -2.48. The van der Waals surface area contributed by atoms with E-state index in [0.717, 1.165) is 25.9 Å². The molecule has 1 rings (SSSR count).